The molecule has 0 unspecified atom stereocenters. The van der Waals surface area contributed by atoms with E-state index in [0.717, 1.165) is 41.0 Å². The van der Waals surface area contributed by atoms with Crippen LogP contribution in [0.5, 0.6) is 0 Å². The highest BCUT2D eigenvalue weighted by Gasteiger charge is 2.27. The van der Waals surface area contributed by atoms with E-state index in [-0.39, 0.29) is 24.3 Å². The minimum Gasteiger partial charge on any atom is -0.314 e. The standard InChI is InChI=1S/C15H15Cl2FN2S.ClH/c16-12-9-10(18)1-2-11(12)15(13-3-4-14(17)21-13)20-7-5-19-6-8-20;/h1-4,9,15,19H,5-8H2;1H/t15-;/m0./s1. The summed E-state index contributed by atoms with van der Waals surface area (Å²) in [5, 5.41) is 3.81. The third-order valence-electron chi connectivity index (χ3n) is 3.64. The van der Waals surface area contributed by atoms with Crippen molar-refractivity contribution in [2.45, 2.75) is 6.04 Å². The number of rotatable bonds is 3. The average molecular weight is 382 g/mol. The van der Waals surface area contributed by atoms with Crippen LogP contribution in [0.3, 0.4) is 0 Å². The van der Waals surface area contributed by atoms with Crippen LogP contribution < -0.4 is 5.32 Å². The van der Waals surface area contributed by atoms with Crippen molar-refractivity contribution in [3.8, 4) is 0 Å². The summed E-state index contributed by atoms with van der Waals surface area (Å²) in [6.45, 7) is 3.73. The van der Waals surface area contributed by atoms with Crippen LogP contribution in [0.2, 0.25) is 9.36 Å². The van der Waals surface area contributed by atoms with Crippen LogP contribution in [0.25, 0.3) is 0 Å². The molecule has 0 aliphatic carbocycles. The summed E-state index contributed by atoms with van der Waals surface area (Å²) in [5.41, 5.74) is 0.929. The molecule has 22 heavy (non-hydrogen) atoms. The molecular formula is C15H16Cl3FN2S. The smallest absolute Gasteiger partial charge is 0.124 e. The fourth-order valence-electron chi connectivity index (χ4n) is 2.67. The molecule has 7 heteroatoms. The first-order valence-electron chi connectivity index (χ1n) is 6.80. The van der Waals surface area contributed by atoms with Crippen LogP contribution in [0.4, 0.5) is 4.39 Å². The summed E-state index contributed by atoms with van der Waals surface area (Å²) in [6, 6.07) is 8.57. The summed E-state index contributed by atoms with van der Waals surface area (Å²) < 4.78 is 14.1. The largest absolute Gasteiger partial charge is 0.314 e. The molecule has 0 radical (unpaired) electrons. The highest BCUT2D eigenvalue weighted by molar-refractivity contribution is 7.16. The highest BCUT2D eigenvalue weighted by atomic mass is 35.5. The quantitative estimate of drug-likeness (QED) is 0.835. The number of hydrogen-bond acceptors (Lipinski definition) is 3. The maximum atomic E-state index is 13.3. The number of hydrogen-bond donors (Lipinski definition) is 1. The van der Waals surface area contributed by atoms with Gasteiger partial charge >= 0.3 is 0 Å². The van der Waals surface area contributed by atoms with Gasteiger partial charge in [-0.25, -0.2) is 4.39 Å². The fraction of sp³-hybridized carbons (Fsp3) is 0.333. The zero-order chi connectivity index (χ0) is 14.8. The molecule has 1 aliphatic rings. The van der Waals surface area contributed by atoms with Crippen molar-refractivity contribution in [3.63, 3.8) is 0 Å². The monoisotopic (exact) mass is 380 g/mol. The lowest BCUT2D eigenvalue weighted by atomic mass is 10.0. The second-order valence-corrected chi connectivity index (χ2v) is 7.15. The van der Waals surface area contributed by atoms with E-state index >= 15 is 0 Å². The van der Waals surface area contributed by atoms with Gasteiger partial charge in [-0.05, 0) is 29.8 Å². The molecule has 120 valence electrons. The second-order valence-electron chi connectivity index (χ2n) is 5.00. The van der Waals surface area contributed by atoms with Crippen LogP contribution >= 0.6 is 46.9 Å². The van der Waals surface area contributed by atoms with Crippen LogP contribution in [0, 0.1) is 5.82 Å². The lowest BCUT2D eigenvalue weighted by Crippen LogP contribution is -2.45. The van der Waals surface area contributed by atoms with Crippen LogP contribution in [-0.2, 0) is 0 Å². The topological polar surface area (TPSA) is 15.3 Å². The Morgan fingerprint density at radius 1 is 1.14 bits per heavy atom. The first kappa shape index (κ1) is 18.0. The van der Waals surface area contributed by atoms with E-state index in [1.807, 2.05) is 12.1 Å². The Labute approximate surface area is 149 Å². The molecule has 1 aromatic carbocycles. The molecule has 0 spiro atoms. The van der Waals surface area contributed by atoms with E-state index in [9.17, 15) is 4.39 Å². The van der Waals surface area contributed by atoms with Crippen LogP contribution in [0.15, 0.2) is 30.3 Å². The molecule has 1 atom stereocenters. The van der Waals surface area contributed by atoms with E-state index in [1.165, 1.54) is 12.1 Å². The van der Waals surface area contributed by atoms with E-state index in [1.54, 1.807) is 17.4 Å². The van der Waals surface area contributed by atoms with Crippen molar-refractivity contribution in [2.75, 3.05) is 26.2 Å². The van der Waals surface area contributed by atoms with E-state index in [0.29, 0.717) is 5.02 Å². The van der Waals surface area contributed by atoms with Crippen molar-refractivity contribution in [3.05, 3.63) is 55.9 Å². The lowest BCUT2D eigenvalue weighted by molar-refractivity contribution is 0.200. The van der Waals surface area contributed by atoms with Crippen LogP contribution in [0.1, 0.15) is 16.5 Å². The van der Waals surface area contributed by atoms with Gasteiger partial charge in [-0.1, -0.05) is 29.3 Å². The average Bonchev–Trinajstić information content (AvgIpc) is 2.89. The molecule has 0 bridgehead atoms. The van der Waals surface area contributed by atoms with Gasteiger partial charge in [0.2, 0.25) is 0 Å². The summed E-state index contributed by atoms with van der Waals surface area (Å²) in [7, 11) is 0. The fourth-order valence-corrected chi connectivity index (χ4v) is 4.15. The predicted molar refractivity (Wildman–Crippen MR) is 94.3 cm³/mol. The first-order valence-corrected chi connectivity index (χ1v) is 8.37. The normalized spacial score (nSPS) is 17.0. The Hall–Kier alpha value is -0.360. The number of benzene rings is 1. The van der Waals surface area contributed by atoms with Crippen molar-refractivity contribution >= 4 is 46.9 Å². The van der Waals surface area contributed by atoms with E-state index < -0.39 is 0 Å². The summed E-state index contributed by atoms with van der Waals surface area (Å²) in [4.78, 5) is 3.49. The molecular weight excluding hydrogens is 366 g/mol. The SMILES string of the molecule is Cl.Fc1ccc([C@@H](c2ccc(Cl)s2)N2CCNCC2)c(Cl)c1. The van der Waals surface area contributed by atoms with Gasteiger partial charge in [0.1, 0.15) is 5.82 Å². The van der Waals surface area contributed by atoms with Gasteiger partial charge in [-0.3, -0.25) is 4.90 Å². The molecule has 2 nitrogen and oxygen atoms in total. The molecule has 1 saturated heterocycles. The number of thiophene rings is 1. The van der Waals surface area contributed by atoms with Gasteiger partial charge in [0.25, 0.3) is 0 Å². The minimum absolute atomic E-state index is 0. The third kappa shape index (κ3) is 3.94. The third-order valence-corrected chi connectivity index (χ3v) is 5.25. The Morgan fingerprint density at radius 2 is 1.86 bits per heavy atom. The molecule has 2 aromatic rings. The molecule has 0 saturated carbocycles. The van der Waals surface area contributed by atoms with Crippen molar-refractivity contribution in [1.29, 1.82) is 0 Å². The van der Waals surface area contributed by atoms with Gasteiger partial charge in [-0.2, -0.15) is 0 Å². The molecule has 3 rings (SSSR count). The van der Waals surface area contributed by atoms with Gasteiger partial charge in [-0.15, -0.1) is 23.7 Å². The van der Waals surface area contributed by atoms with E-state index in [4.69, 9.17) is 23.2 Å². The maximum Gasteiger partial charge on any atom is 0.124 e. The van der Waals surface area contributed by atoms with Gasteiger partial charge in [0.15, 0.2) is 0 Å². The van der Waals surface area contributed by atoms with Gasteiger partial charge < -0.3 is 5.32 Å². The van der Waals surface area contributed by atoms with Crippen molar-refractivity contribution in [1.82, 2.24) is 10.2 Å². The zero-order valence-corrected chi connectivity index (χ0v) is 14.8. The Bertz CT molecular complexity index is 629. The van der Waals surface area contributed by atoms with Crippen molar-refractivity contribution in [2.24, 2.45) is 0 Å². The number of halogens is 4. The van der Waals surface area contributed by atoms with Crippen LogP contribution in [-0.4, -0.2) is 31.1 Å². The molecule has 1 aliphatic heterocycles. The number of nitrogens with one attached hydrogen (secondary N) is 1. The molecule has 2 heterocycles. The number of nitrogens with zero attached hydrogens (tertiary/aromatic N) is 1. The second kappa shape index (κ2) is 7.95. The molecule has 1 N–H and O–H groups in total. The van der Waals surface area contributed by atoms with Gasteiger partial charge in [0.05, 0.1) is 10.4 Å². The summed E-state index contributed by atoms with van der Waals surface area (Å²) in [5.74, 6) is -0.313. The first-order chi connectivity index (χ1) is 10.1. The molecule has 1 fully saturated rings. The highest BCUT2D eigenvalue weighted by Crippen LogP contribution is 2.38. The minimum atomic E-state index is -0.313. The Balaban J connectivity index is 0.00000176. The summed E-state index contributed by atoms with van der Waals surface area (Å²) >= 11 is 13.9. The molecule has 1 aromatic heterocycles. The zero-order valence-electron chi connectivity index (χ0n) is 11.7. The maximum absolute atomic E-state index is 13.3. The number of piperazine rings is 1. The lowest BCUT2D eigenvalue weighted by Gasteiger charge is -2.35. The molecule has 0 amide bonds. The predicted octanol–water partition coefficient (Wildman–Crippen LogP) is 4.61. The van der Waals surface area contributed by atoms with Gasteiger partial charge in [0, 0.05) is 36.1 Å². The Morgan fingerprint density at radius 3 is 2.45 bits per heavy atom. The van der Waals surface area contributed by atoms with E-state index in [2.05, 4.69) is 10.2 Å². The van der Waals surface area contributed by atoms with Crippen molar-refractivity contribution < 1.29 is 4.39 Å². The summed E-state index contributed by atoms with van der Waals surface area (Å²) in [6.07, 6.45) is 0. The Kier molecular flexibility index (Phi) is 6.50.